The fourth-order valence-corrected chi connectivity index (χ4v) is 3.21. The van der Waals surface area contributed by atoms with Gasteiger partial charge in [0.25, 0.3) is 0 Å². The van der Waals surface area contributed by atoms with E-state index in [0.29, 0.717) is 38.5 Å². The summed E-state index contributed by atoms with van der Waals surface area (Å²) >= 11 is 0. The minimum Gasteiger partial charge on any atom is -0.450 e. The number of nitrogens with one attached hydrogen (secondary N) is 2. The molecule has 33 heavy (non-hydrogen) atoms. The molecule has 3 aromatic rings. The summed E-state index contributed by atoms with van der Waals surface area (Å²) in [6.07, 6.45) is 1.20. The summed E-state index contributed by atoms with van der Waals surface area (Å²) in [5, 5.41) is 12.6. The Labute approximate surface area is 188 Å². The summed E-state index contributed by atoms with van der Waals surface area (Å²) in [6.45, 7) is 4.45. The van der Waals surface area contributed by atoms with E-state index in [9.17, 15) is 14.0 Å². The van der Waals surface area contributed by atoms with Gasteiger partial charge in [0.2, 0.25) is 0 Å². The van der Waals surface area contributed by atoms with Crippen LogP contribution in [0.3, 0.4) is 0 Å². The number of piperazine rings is 1. The zero-order chi connectivity index (χ0) is 23.2. The highest BCUT2D eigenvalue weighted by molar-refractivity contribution is 6.00. The third-order valence-electron chi connectivity index (χ3n) is 4.87. The molecule has 172 valence electrons. The number of carbonyl (C=O) groups is 2. The van der Waals surface area contributed by atoms with Gasteiger partial charge in [-0.3, -0.25) is 4.79 Å². The van der Waals surface area contributed by atoms with E-state index in [0.717, 1.165) is 5.82 Å². The standard InChI is InChI=1S/C21H22FN7O4/c1-2-32-21(31)29-11-9-28(10-12-29)17-8-7-14(13-23-17)24-18(30)19-26-27-20(33-19)25-16-6-4-3-5-15(16)22/h3-8,13H,2,9-12H2,1H3,(H,24,30)(H,25,27). The monoisotopic (exact) mass is 455 g/mol. The number of hydrogen-bond donors (Lipinski definition) is 2. The number of pyridine rings is 1. The second-order valence-electron chi connectivity index (χ2n) is 7.05. The average Bonchev–Trinajstić information content (AvgIpc) is 3.30. The van der Waals surface area contributed by atoms with Crippen LogP contribution in [0.4, 0.5) is 32.4 Å². The van der Waals surface area contributed by atoms with Gasteiger partial charge in [0.15, 0.2) is 0 Å². The molecule has 12 heteroatoms. The first-order chi connectivity index (χ1) is 16.0. The highest BCUT2D eigenvalue weighted by Crippen LogP contribution is 2.20. The molecule has 2 amide bonds. The van der Waals surface area contributed by atoms with E-state index in [2.05, 4.69) is 25.8 Å². The Hall–Kier alpha value is -4.22. The molecule has 2 aromatic heterocycles. The lowest BCUT2D eigenvalue weighted by molar-refractivity contribution is 0.0990. The van der Waals surface area contributed by atoms with E-state index in [1.807, 2.05) is 4.90 Å². The number of nitrogens with zero attached hydrogens (tertiary/aromatic N) is 5. The molecule has 1 aliphatic heterocycles. The lowest BCUT2D eigenvalue weighted by Crippen LogP contribution is -2.49. The van der Waals surface area contributed by atoms with Crippen LogP contribution in [0, 0.1) is 5.82 Å². The van der Waals surface area contributed by atoms with Gasteiger partial charge in [0, 0.05) is 26.2 Å². The fraction of sp³-hybridized carbons (Fsp3) is 0.286. The summed E-state index contributed by atoms with van der Waals surface area (Å²) in [5.74, 6) is -0.671. The maximum Gasteiger partial charge on any atom is 0.409 e. The molecule has 11 nitrogen and oxygen atoms in total. The molecule has 0 bridgehead atoms. The molecule has 2 N–H and O–H groups in total. The smallest absolute Gasteiger partial charge is 0.409 e. The van der Waals surface area contributed by atoms with E-state index in [4.69, 9.17) is 9.15 Å². The van der Waals surface area contributed by atoms with Crippen LogP contribution in [0.2, 0.25) is 0 Å². The lowest BCUT2D eigenvalue weighted by atomic mass is 10.3. The SMILES string of the molecule is CCOC(=O)N1CCN(c2ccc(NC(=O)c3nnc(Nc4ccccc4F)o3)cn2)CC1. The molecule has 1 fully saturated rings. The van der Waals surface area contributed by atoms with Crippen molar-refractivity contribution in [3.05, 3.63) is 54.3 Å². The number of halogens is 1. The number of carbonyl (C=O) groups excluding carboxylic acids is 2. The molecule has 1 aromatic carbocycles. The molecule has 0 unspecified atom stereocenters. The second-order valence-corrected chi connectivity index (χ2v) is 7.05. The average molecular weight is 455 g/mol. The first-order valence-corrected chi connectivity index (χ1v) is 10.3. The number of aromatic nitrogens is 3. The topological polar surface area (TPSA) is 126 Å². The van der Waals surface area contributed by atoms with Gasteiger partial charge in [0.05, 0.1) is 24.2 Å². The number of rotatable bonds is 6. The number of anilines is 4. The van der Waals surface area contributed by atoms with Crippen molar-refractivity contribution < 1.29 is 23.1 Å². The molecule has 1 aliphatic rings. The normalized spacial score (nSPS) is 13.5. The first kappa shape index (κ1) is 22.0. The highest BCUT2D eigenvalue weighted by Gasteiger charge is 2.23. The van der Waals surface area contributed by atoms with E-state index in [-0.39, 0.29) is 23.7 Å². The molecule has 1 saturated heterocycles. The van der Waals surface area contributed by atoms with Crippen LogP contribution in [0.25, 0.3) is 0 Å². The maximum absolute atomic E-state index is 13.7. The summed E-state index contributed by atoms with van der Waals surface area (Å²) in [7, 11) is 0. The molecule has 0 spiro atoms. The minimum absolute atomic E-state index is 0.110. The Balaban J connectivity index is 1.31. The van der Waals surface area contributed by atoms with Crippen LogP contribution in [0.1, 0.15) is 17.6 Å². The summed E-state index contributed by atoms with van der Waals surface area (Å²) in [4.78, 5) is 32.3. The zero-order valence-corrected chi connectivity index (χ0v) is 17.8. The van der Waals surface area contributed by atoms with Crippen LogP contribution >= 0.6 is 0 Å². The maximum atomic E-state index is 13.7. The van der Waals surface area contributed by atoms with Crippen molar-refractivity contribution in [1.82, 2.24) is 20.1 Å². The van der Waals surface area contributed by atoms with Crippen molar-refractivity contribution >= 4 is 35.2 Å². The van der Waals surface area contributed by atoms with Gasteiger partial charge in [-0.05, 0) is 31.2 Å². The third-order valence-corrected chi connectivity index (χ3v) is 4.87. The van der Waals surface area contributed by atoms with Gasteiger partial charge < -0.3 is 29.6 Å². The van der Waals surface area contributed by atoms with Gasteiger partial charge in [-0.1, -0.05) is 17.2 Å². The van der Waals surface area contributed by atoms with E-state index < -0.39 is 11.7 Å². The van der Waals surface area contributed by atoms with Crippen molar-refractivity contribution in [2.45, 2.75) is 6.92 Å². The van der Waals surface area contributed by atoms with Crippen LogP contribution in [0.15, 0.2) is 47.0 Å². The predicted octanol–water partition coefficient (Wildman–Crippen LogP) is 2.88. The van der Waals surface area contributed by atoms with Gasteiger partial charge in [-0.25, -0.2) is 14.2 Å². The predicted molar refractivity (Wildman–Crippen MR) is 117 cm³/mol. The van der Waals surface area contributed by atoms with Crippen molar-refractivity contribution in [2.24, 2.45) is 0 Å². The van der Waals surface area contributed by atoms with Gasteiger partial charge in [0.1, 0.15) is 11.6 Å². The first-order valence-electron chi connectivity index (χ1n) is 10.3. The van der Waals surface area contributed by atoms with E-state index >= 15 is 0 Å². The van der Waals surface area contributed by atoms with Crippen molar-refractivity contribution in [2.75, 3.05) is 48.3 Å². The molecular formula is C21H22FN7O4. The molecular weight excluding hydrogens is 433 g/mol. The Kier molecular flexibility index (Phi) is 6.62. The molecule has 0 atom stereocenters. The Morgan fingerprint density at radius 2 is 1.91 bits per heavy atom. The Bertz CT molecular complexity index is 1110. The summed E-state index contributed by atoms with van der Waals surface area (Å²) < 4.78 is 24.0. The van der Waals surface area contributed by atoms with Crippen molar-refractivity contribution in [3.63, 3.8) is 0 Å². The minimum atomic E-state index is -0.623. The lowest BCUT2D eigenvalue weighted by Gasteiger charge is -2.34. The second kappa shape index (κ2) is 9.94. The number of amides is 2. The largest absolute Gasteiger partial charge is 0.450 e. The van der Waals surface area contributed by atoms with Crippen LogP contribution in [0.5, 0.6) is 0 Å². The Morgan fingerprint density at radius 1 is 1.12 bits per heavy atom. The molecule has 4 rings (SSSR count). The molecule has 3 heterocycles. The number of hydrogen-bond acceptors (Lipinski definition) is 9. The van der Waals surface area contributed by atoms with Gasteiger partial charge in [-0.15, -0.1) is 5.10 Å². The third kappa shape index (κ3) is 5.34. The van der Waals surface area contributed by atoms with Gasteiger partial charge in [-0.2, -0.15) is 0 Å². The fourth-order valence-electron chi connectivity index (χ4n) is 3.21. The van der Waals surface area contributed by atoms with Crippen LogP contribution in [-0.2, 0) is 4.74 Å². The number of para-hydroxylation sites is 1. The Morgan fingerprint density at radius 3 is 2.61 bits per heavy atom. The van der Waals surface area contributed by atoms with E-state index in [1.165, 1.54) is 18.3 Å². The van der Waals surface area contributed by atoms with Crippen molar-refractivity contribution in [3.8, 4) is 0 Å². The van der Waals surface area contributed by atoms with Gasteiger partial charge >= 0.3 is 23.9 Å². The molecule has 0 radical (unpaired) electrons. The highest BCUT2D eigenvalue weighted by atomic mass is 19.1. The van der Waals surface area contributed by atoms with Crippen LogP contribution in [-0.4, -0.2) is 64.9 Å². The number of benzene rings is 1. The number of ether oxygens (including phenoxy) is 1. The quantitative estimate of drug-likeness (QED) is 0.577. The van der Waals surface area contributed by atoms with Crippen LogP contribution < -0.4 is 15.5 Å². The zero-order valence-electron chi connectivity index (χ0n) is 17.8. The summed E-state index contributed by atoms with van der Waals surface area (Å²) in [6, 6.07) is 9.34. The van der Waals surface area contributed by atoms with E-state index in [1.54, 1.807) is 36.1 Å². The molecule has 0 saturated carbocycles. The summed E-state index contributed by atoms with van der Waals surface area (Å²) in [5.41, 5.74) is 0.590. The van der Waals surface area contributed by atoms with Crippen molar-refractivity contribution in [1.29, 1.82) is 0 Å². The molecule has 0 aliphatic carbocycles.